The minimum absolute atomic E-state index is 0.0925. The number of hydrogen-bond donors (Lipinski definition) is 2. The number of benzene rings is 1. The Hall–Kier alpha value is -1.26. The molecule has 0 aliphatic rings. The zero-order valence-corrected chi connectivity index (χ0v) is 11.7. The zero-order valence-electron chi connectivity index (χ0n) is 11.7. The van der Waals surface area contributed by atoms with Crippen molar-refractivity contribution in [3.63, 3.8) is 0 Å². The van der Waals surface area contributed by atoms with E-state index in [0.29, 0.717) is 0 Å². The Morgan fingerprint density at radius 2 is 2.06 bits per heavy atom. The molecule has 0 aliphatic heterocycles. The lowest BCUT2D eigenvalue weighted by Crippen LogP contribution is -2.24. The molecule has 0 aromatic heterocycles. The third-order valence-corrected chi connectivity index (χ3v) is 3.01. The first-order valence-electron chi connectivity index (χ1n) is 6.29. The SMILES string of the molecule is COc1cccc(N(C)CCC(C)O)c1[C@@H](C)N. The normalized spacial score (nSPS) is 14.1. The molecule has 0 aliphatic carbocycles. The van der Waals surface area contributed by atoms with Gasteiger partial charge in [0.05, 0.1) is 13.2 Å². The number of nitrogens with zero attached hydrogens (tertiary/aromatic N) is 1. The first kappa shape index (κ1) is 14.8. The predicted molar refractivity (Wildman–Crippen MR) is 75.2 cm³/mol. The van der Waals surface area contributed by atoms with Gasteiger partial charge in [-0.2, -0.15) is 0 Å². The topological polar surface area (TPSA) is 58.7 Å². The van der Waals surface area contributed by atoms with Crippen LogP contribution >= 0.6 is 0 Å². The maximum absolute atomic E-state index is 9.35. The molecule has 0 spiro atoms. The van der Waals surface area contributed by atoms with E-state index in [1.165, 1.54) is 0 Å². The Morgan fingerprint density at radius 1 is 1.39 bits per heavy atom. The van der Waals surface area contributed by atoms with Crippen LogP contribution in [0.3, 0.4) is 0 Å². The molecular formula is C14H24N2O2. The van der Waals surface area contributed by atoms with Crippen molar-refractivity contribution in [3.8, 4) is 5.75 Å². The van der Waals surface area contributed by atoms with Crippen molar-refractivity contribution < 1.29 is 9.84 Å². The average Bonchev–Trinajstić information content (AvgIpc) is 2.34. The fourth-order valence-electron chi connectivity index (χ4n) is 2.00. The number of ether oxygens (including phenoxy) is 1. The lowest BCUT2D eigenvalue weighted by atomic mass is 10.0. The van der Waals surface area contributed by atoms with Crippen molar-refractivity contribution in [2.45, 2.75) is 32.4 Å². The molecule has 0 amide bonds. The summed E-state index contributed by atoms with van der Waals surface area (Å²) in [6, 6.07) is 5.82. The maximum Gasteiger partial charge on any atom is 0.125 e. The molecule has 1 unspecified atom stereocenters. The summed E-state index contributed by atoms with van der Waals surface area (Å²) in [5.41, 5.74) is 8.10. The van der Waals surface area contributed by atoms with Crippen molar-refractivity contribution in [2.24, 2.45) is 5.73 Å². The molecule has 1 aromatic carbocycles. The van der Waals surface area contributed by atoms with Crippen molar-refractivity contribution in [1.29, 1.82) is 0 Å². The molecule has 1 rings (SSSR count). The fourth-order valence-corrected chi connectivity index (χ4v) is 2.00. The molecule has 18 heavy (non-hydrogen) atoms. The number of anilines is 1. The average molecular weight is 252 g/mol. The van der Waals surface area contributed by atoms with E-state index in [1.807, 2.05) is 32.2 Å². The number of nitrogens with two attached hydrogens (primary N) is 1. The van der Waals surface area contributed by atoms with Crippen LogP contribution < -0.4 is 15.4 Å². The third-order valence-electron chi connectivity index (χ3n) is 3.01. The van der Waals surface area contributed by atoms with Crippen LogP contribution in [0, 0.1) is 0 Å². The fraction of sp³-hybridized carbons (Fsp3) is 0.571. The molecule has 0 heterocycles. The lowest BCUT2D eigenvalue weighted by molar-refractivity contribution is 0.187. The summed E-state index contributed by atoms with van der Waals surface area (Å²) in [7, 11) is 3.66. The minimum atomic E-state index is -0.295. The van der Waals surface area contributed by atoms with Gasteiger partial charge in [-0.3, -0.25) is 0 Å². The van der Waals surface area contributed by atoms with Crippen molar-refractivity contribution in [2.75, 3.05) is 25.6 Å². The van der Waals surface area contributed by atoms with Gasteiger partial charge in [-0.05, 0) is 32.4 Å². The van der Waals surface area contributed by atoms with Gasteiger partial charge in [0.2, 0.25) is 0 Å². The molecule has 0 saturated carbocycles. The van der Waals surface area contributed by atoms with Gasteiger partial charge in [0.15, 0.2) is 0 Å². The smallest absolute Gasteiger partial charge is 0.125 e. The van der Waals surface area contributed by atoms with Crippen LogP contribution in [0.4, 0.5) is 5.69 Å². The molecule has 102 valence electrons. The van der Waals surface area contributed by atoms with E-state index in [1.54, 1.807) is 14.0 Å². The highest BCUT2D eigenvalue weighted by Gasteiger charge is 2.16. The number of aliphatic hydroxyl groups excluding tert-OH is 1. The van der Waals surface area contributed by atoms with Gasteiger partial charge in [-0.25, -0.2) is 0 Å². The van der Waals surface area contributed by atoms with Gasteiger partial charge < -0.3 is 20.5 Å². The Balaban J connectivity index is 2.99. The van der Waals surface area contributed by atoms with E-state index in [4.69, 9.17) is 10.5 Å². The molecule has 4 nitrogen and oxygen atoms in total. The van der Waals surface area contributed by atoms with Gasteiger partial charge in [0.1, 0.15) is 5.75 Å². The van der Waals surface area contributed by atoms with Gasteiger partial charge in [0.25, 0.3) is 0 Å². The van der Waals surface area contributed by atoms with Crippen molar-refractivity contribution >= 4 is 5.69 Å². The molecule has 1 aromatic rings. The standard InChI is InChI=1S/C14H24N2O2/c1-10(17)8-9-16(3)12-6-5-7-13(18-4)14(12)11(2)15/h5-7,10-11,17H,8-9,15H2,1-4H3/t10?,11-/m1/s1. The van der Waals surface area contributed by atoms with Crippen molar-refractivity contribution in [3.05, 3.63) is 23.8 Å². The van der Waals surface area contributed by atoms with Crippen LogP contribution in [-0.2, 0) is 0 Å². The third kappa shape index (κ3) is 3.62. The van der Waals surface area contributed by atoms with E-state index < -0.39 is 0 Å². The second-order valence-corrected chi connectivity index (χ2v) is 4.74. The number of rotatable bonds is 6. The van der Waals surface area contributed by atoms with E-state index in [2.05, 4.69) is 4.90 Å². The molecular weight excluding hydrogens is 228 g/mol. The van der Waals surface area contributed by atoms with Crippen LogP contribution in [0.25, 0.3) is 0 Å². The summed E-state index contributed by atoms with van der Waals surface area (Å²) in [5.74, 6) is 0.811. The molecule has 0 saturated heterocycles. The number of methoxy groups -OCH3 is 1. The van der Waals surface area contributed by atoms with Crippen LogP contribution in [0.2, 0.25) is 0 Å². The zero-order chi connectivity index (χ0) is 13.7. The molecule has 0 bridgehead atoms. The highest BCUT2D eigenvalue weighted by molar-refractivity contribution is 5.60. The summed E-state index contributed by atoms with van der Waals surface area (Å²) >= 11 is 0. The van der Waals surface area contributed by atoms with Crippen LogP contribution in [0.15, 0.2) is 18.2 Å². The summed E-state index contributed by atoms with van der Waals surface area (Å²) in [6.45, 7) is 4.53. The lowest BCUT2D eigenvalue weighted by Gasteiger charge is -2.26. The van der Waals surface area contributed by atoms with Crippen LogP contribution in [0.1, 0.15) is 31.9 Å². The van der Waals surface area contributed by atoms with Crippen molar-refractivity contribution in [1.82, 2.24) is 0 Å². The van der Waals surface area contributed by atoms with Gasteiger partial charge in [-0.1, -0.05) is 6.07 Å². The second-order valence-electron chi connectivity index (χ2n) is 4.74. The quantitative estimate of drug-likeness (QED) is 0.812. The van der Waals surface area contributed by atoms with E-state index in [-0.39, 0.29) is 12.1 Å². The Labute approximate surface area is 109 Å². The summed E-state index contributed by atoms with van der Waals surface area (Å²) in [6.07, 6.45) is 0.434. The largest absolute Gasteiger partial charge is 0.496 e. The monoisotopic (exact) mass is 252 g/mol. The molecule has 3 N–H and O–H groups in total. The maximum atomic E-state index is 9.35. The van der Waals surface area contributed by atoms with Gasteiger partial charge >= 0.3 is 0 Å². The highest BCUT2D eigenvalue weighted by Crippen LogP contribution is 2.33. The first-order valence-corrected chi connectivity index (χ1v) is 6.29. The summed E-state index contributed by atoms with van der Waals surface area (Å²) in [5, 5.41) is 9.35. The molecule has 2 atom stereocenters. The first-order chi connectivity index (χ1) is 8.47. The van der Waals surface area contributed by atoms with E-state index >= 15 is 0 Å². The van der Waals surface area contributed by atoms with E-state index in [9.17, 15) is 5.11 Å². The number of hydrogen-bond acceptors (Lipinski definition) is 4. The Morgan fingerprint density at radius 3 is 2.56 bits per heavy atom. The van der Waals surface area contributed by atoms with Gasteiger partial charge in [0, 0.05) is 30.9 Å². The molecule has 0 fully saturated rings. The van der Waals surface area contributed by atoms with E-state index in [0.717, 1.165) is 30.0 Å². The summed E-state index contributed by atoms with van der Waals surface area (Å²) < 4.78 is 5.37. The second kappa shape index (κ2) is 6.61. The van der Waals surface area contributed by atoms with Crippen LogP contribution in [-0.4, -0.2) is 31.9 Å². The van der Waals surface area contributed by atoms with Gasteiger partial charge in [-0.15, -0.1) is 0 Å². The summed E-state index contributed by atoms with van der Waals surface area (Å²) in [4.78, 5) is 2.11. The van der Waals surface area contributed by atoms with Crippen LogP contribution in [0.5, 0.6) is 5.75 Å². The Bertz CT molecular complexity index is 378. The Kier molecular flexibility index (Phi) is 5.44. The predicted octanol–water partition coefficient (Wildman–Crippen LogP) is 1.92. The molecule has 4 heteroatoms. The minimum Gasteiger partial charge on any atom is -0.496 e. The highest BCUT2D eigenvalue weighted by atomic mass is 16.5. The molecule has 0 radical (unpaired) electrons. The number of aliphatic hydroxyl groups is 1.